The number of rotatable bonds is 6. The Hall–Kier alpha value is -1.32. The van der Waals surface area contributed by atoms with Crippen LogP contribution in [0, 0.1) is 6.92 Å². The van der Waals surface area contributed by atoms with Crippen molar-refractivity contribution in [1.82, 2.24) is 5.32 Å². The molecule has 3 heteroatoms. The van der Waals surface area contributed by atoms with E-state index in [0.29, 0.717) is 0 Å². The molecule has 0 aliphatic rings. The zero-order chi connectivity index (χ0) is 14.4. The summed E-state index contributed by atoms with van der Waals surface area (Å²) in [6.45, 7) is 6.19. The Balaban J connectivity index is 1.99. The summed E-state index contributed by atoms with van der Waals surface area (Å²) < 4.78 is 6.86. The summed E-state index contributed by atoms with van der Waals surface area (Å²) in [5.41, 5.74) is 2.48. The van der Waals surface area contributed by atoms with E-state index in [2.05, 4.69) is 53.3 Å². The van der Waals surface area contributed by atoms with Crippen LogP contribution in [0.3, 0.4) is 0 Å². The van der Waals surface area contributed by atoms with Gasteiger partial charge in [0, 0.05) is 6.54 Å². The fraction of sp³-hybridized carbons (Fsp3) is 0.294. The Kier molecular flexibility index (Phi) is 5.62. The van der Waals surface area contributed by atoms with Crippen molar-refractivity contribution in [2.75, 3.05) is 6.54 Å². The van der Waals surface area contributed by atoms with Crippen LogP contribution in [0.2, 0.25) is 0 Å². The smallest absolute Gasteiger partial charge is 0.141 e. The van der Waals surface area contributed by atoms with Crippen LogP contribution >= 0.6 is 15.9 Å². The highest BCUT2D eigenvalue weighted by Crippen LogP contribution is 2.30. The summed E-state index contributed by atoms with van der Waals surface area (Å²) in [5.74, 6) is 1.70. The van der Waals surface area contributed by atoms with Gasteiger partial charge in [0.05, 0.1) is 4.47 Å². The highest BCUT2D eigenvalue weighted by Gasteiger charge is 2.03. The standard InChI is InChI=1S/C17H20BrNO/c1-3-10-19-12-14-5-7-15(8-6-14)20-17-9-4-13(2)11-16(17)18/h4-9,11,19H,3,10,12H2,1-2H3. The lowest BCUT2D eigenvalue weighted by atomic mass is 10.2. The van der Waals surface area contributed by atoms with Crippen molar-refractivity contribution in [3.63, 3.8) is 0 Å². The van der Waals surface area contributed by atoms with E-state index in [1.165, 1.54) is 11.1 Å². The molecule has 0 aliphatic carbocycles. The third-order valence-corrected chi connectivity index (χ3v) is 3.61. The minimum Gasteiger partial charge on any atom is -0.456 e. The molecule has 2 rings (SSSR count). The van der Waals surface area contributed by atoms with Crippen LogP contribution in [0.1, 0.15) is 24.5 Å². The van der Waals surface area contributed by atoms with Crippen LogP contribution in [0.5, 0.6) is 11.5 Å². The van der Waals surface area contributed by atoms with Gasteiger partial charge in [0.25, 0.3) is 0 Å². The van der Waals surface area contributed by atoms with Gasteiger partial charge in [0.1, 0.15) is 11.5 Å². The molecule has 0 unspecified atom stereocenters. The number of halogens is 1. The summed E-state index contributed by atoms with van der Waals surface area (Å²) in [6.07, 6.45) is 1.16. The first-order valence-corrected chi connectivity index (χ1v) is 7.72. The number of hydrogen-bond acceptors (Lipinski definition) is 2. The maximum absolute atomic E-state index is 5.88. The van der Waals surface area contributed by atoms with Crippen molar-refractivity contribution in [3.05, 3.63) is 58.1 Å². The summed E-state index contributed by atoms with van der Waals surface area (Å²) >= 11 is 3.53. The number of ether oxygens (including phenoxy) is 1. The Morgan fingerprint density at radius 1 is 1.10 bits per heavy atom. The van der Waals surface area contributed by atoms with Gasteiger partial charge in [-0.15, -0.1) is 0 Å². The molecule has 0 heterocycles. The third kappa shape index (κ3) is 4.36. The van der Waals surface area contributed by atoms with Gasteiger partial charge in [-0.1, -0.05) is 25.1 Å². The van der Waals surface area contributed by atoms with E-state index >= 15 is 0 Å². The van der Waals surface area contributed by atoms with E-state index in [-0.39, 0.29) is 0 Å². The van der Waals surface area contributed by atoms with Crippen LogP contribution in [0.15, 0.2) is 46.9 Å². The second-order valence-electron chi connectivity index (χ2n) is 4.86. The Labute approximate surface area is 129 Å². The number of nitrogens with one attached hydrogen (secondary N) is 1. The van der Waals surface area contributed by atoms with E-state index in [0.717, 1.165) is 35.5 Å². The molecule has 0 aromatic heterocycles. The first-order valence-electron chi connectivity index (χ1n) is 6.92. The topological polar surface area (TPSA) is 21.3 Å². The predicted octanol–water partition coefficient (Wildman–Crippen LogP) is 5.05. The molecule has 2 aromatic carbocycles. The van der Waals surface area contributed by atoms with Crippen LogP contribution in [0.25, 0.3) is 0 Å². The predicted molar refractivity (Wildman–Crippen MR) is 87.4 cm³/mol. The highest BCUT2D eigenvalue weighted by atomic mass is 79.9. The van der Waals surface area contributed by atoms with Gasteiger partial charge in [-0.3, -0.25) is 0 Å². The maximum Gasteiger partial charge on any atom is 0.141 e. The van der Waals surface area contributed by atoms with Crippen LogP contribution < -0.4 is 10.1 Å². The number of hydrogen-bond donors (Lipinski definition) is 1. The van der Waals surface area contributed by atoms with Crippen LogP contribution in [-0.2, 0) is 6.54 Å². The van der Waals surface area contributed by atoms with Gasteiger partial charge < -0.3 is 10.1 Å². The fourth-order valence-electron chi connectivity index (χ4n) is 1.90. The molecule has 106 valence electrons. The third-order valence-electron chi connectivity index (χ3n) is 2.99. The van der Waals surface area contributed by atoms with Crippen molar-refractivity contribution in [3.8, 4) is 11.5 Å². The summed E-state index contributed by atoms with van der Waals surface area (Å²) in [7, 11) is 0. The van der Waals surface area contributed by atoms with E-state index in [4.69, 9.17) is 4.74 Å². The molecule has 0 bridgehead atoms. The molecular formula is C17H20BrNO. The van der Waals surface area contributed by atoms with Gasteiger partial charge in [0.2, 0.25) is 0 Å². The second kappa shape index (κ2) is 7.46. The molecule has 0 atom stereocenters. The minimum absolute atomic E-state index is 0.840. The Bertz CT molecular complexity index is 551. The summed E-state index contributed by atoms with van der Waals surface area (Å²) in [6, 6.07) is 14.3. The molecule has 1 N–H and O–H groups in total. The van der Waals surface area contributed by atoms with E-state index < -0.39 is 0 Å². The first-order chi connectivity index (χ1) is 9.69. The van der Waals surface area contributed by atoms with Gasteiger partial charge in [-0.25, -0.2) is 0 Å². The molecule has 0 radical (unpaired) electrons. The average Bonchev–Trinajstić information content (AvgIpc) is 2.44. The largest absolute Gasteiger partial charge is 0.456 e. The zero-order valence-electron chi connectivity index (χ0n) is 11.9. The molecule has 0 spiro atoms. The van der Waals surface area contributed by atoms with Gasteiger partial charge in [-0.05, 0) is 71.2 Å². The van der Waals surface area contributed by atoms with Crippen molar-refractivity contribution in [2.45, 2.75) is 26.8 Å². The molecule has 2 nitrogen and oxygen atoms in total. The Morgan fingerprint density at radius 2 is 1.85 bits per heavy atom. The molecule has 0 fully saturated rings. The van der Waals surface area contributed by atoms with E-state index in [1.807, 2.05) is 24.3 Å². The molecule has 20 heavy (non-hydrogen) atoms. The SMILES string of the molecule is CCCNCc1ccc(Oc2ccc(C)cc2Br)cc1. The monoisotopic (exact) mass is 333 g/mol. The lowest BCUT2D eigenvalue weighted by Gasteiger charge is -2.09. The van der Waals surface area contributed by atoms with Crippen LogP contribution in [-0.4, -0.2) is 6.54 Å². The fourth-order valence-corrected chi connectivity index (χ4v) is 2.47. The van der Waals surface area contributed by atoms with Crippen molar-refractivity contribution in [2.24, 2.45) is 0 Å². The van der Waals surface area contributed by atoms with Gasteiger partial charge in [0.15, 0.2) is 0 Å². The molecule has 0 aliphatic heterocycles. The van der Waals surface area contributed by atoms with E-state index in [9.17, 15) is 0 Å². The van der Waals surface area contributed by atoms with Crippen LogP contribution in [0.4, 0.5) is 0 Å². The molecule has 0 saturated carbocycles. The molecule has 2 aromatic rings. The van der Waals surface area contributed by atoms with Crippen molar-refractivity contribution in [1.29, 1.82) is 0 Å². The summed E-state index contributed by atoms with van der Waals surface area (Å²) in [4.78, 5) is 0. The highest BCUT2D eigenvalue weighted by molar-refractivity contribution is 9.10. The maximum atomic E-state index is 5.88. The zero-order valence-corrected chi connectivity index (χ0v) is 13.5. The van der Waals surface area contributed by atoms with Crippen molar-refractivity contribution < 1.29 is 4.74 Å². The normalized spacial score (nSPS) is 10.6. The van der Waals surface area contributed by atoms with E-state index in [1.54, 1.807) is 0 Å². The lowest BCUT2D eigenvalue weighted by Crippen LogP contribution is -2.13. The molecular weight excluding hydrogens is 314 g/mol. The quantitative estimate of drug-likeness (QED) is 0.747. The first kappa shape index (κ1) is 15.1. The molecule has 0 saturated heterocycles. The average molecular weight is 334 g/mol. The minimum atomic E-state index is 0.840. The van der Waals surface area contributed by atoms with Gasteiger partial charge in [-0.2, -0.15) is 0 Å². The van der Waals surface area contributed by atoms with Crippen molar-refractivity contribution >= 4 is 15.9 Å². The Morgan fingerprint density at radius 3 is 2.50 bits per heavy atom. The second-order valence-corrected chi connectivity index (χ2v) is 5.71. The summed E-state index contributed by atoms with van der Waals surface area (Å²) in [5, 5.41) is 3.39. The van der Waals surface area contributed by atoms with Gasteiger partial charge >= 0.3 is 0 Å². The number of aryl methyl sites for hydroxylation is 1. The number of benzene rings is 2. The lowest BCUT2D eigenvalue weighted by molar-refractivity contribution is 0.479. The molecule has 0 amide bonds.